The zero-order chi connectivity index (χ0) is 19.3. The summed E-state index contributed by atoms with van der Waals surface area (Å²) in [5.74, 6) is 0.499. The van der Waals surface area contributed by atoms with E-state index in [1.165, 1.54) is 17.8 Å². The number of carbonyl (C=O) groups is 1. The molecule has 0 saturated heterocycles. The van der Waals surface area contributed by atoms with Gasteiger partial charge in [0, 0.05) is 12.2 Å². The number of fused-ring (bicyclic) bond motifs is 2. The van der Waals surface area contributed by atoms with Crippen LogP contribution in [0.4, 0.5) is 0 Å². The van der Waals surface area contributed by atoms with E-state index in [0.717, 1.165) is 18.4 Å². The molecule has 5 nitrogen and oxygen atoms in total. The molecule has 3 heterocycles. The maximum Gasteiger partial charge on any atom is 0.266 e. The number of aromatic nitrogens is 2. The van der Waals surface area contributed by atoms with Crippen molar-refractivity contribution >= 4 is 33.1 Å². The summed E-state index contributed by atoms with van der Waals surface area (Å²) in [6.45, 7) is 8.71. The van der Waals surface area contributed by atoms with E-state index in [0.29, 0.717) is 26.7 Å². The number of rotatable bonds is 2. The SMILES string of the molecule is Cc1cccn2c(=O)c3cc(C(=O)N[C@H]4C[C@H](C)CC(C)(C)C4)sc3nc12. The van der Waals surface area contributed by atoms with Crippen molar-refractivity contribution in [2.45, 2.75) is 53.0 Å². The predicted molar refractivity (Wildman–Crippen MR) is 110 cm³/mol. The molecule has 1 fully saturated rings. The number of hydrogen-bond donors (Lipinski definition) is 1. The monoisotopic (exact) mass is 383 g/mol. The van der Waals surface area contributed by atoms with Gasteiger partial charge >= 0.3 is 0 Å². The smallest absolute Gasteiger partial charge is 0.266 e. The first kappa shape index (κ1) is 18.2. The van der Waals surface area contributed by atoms with Crippen LogP contribution in [0, 0.1) is 18.3 Å². The van der Waals surface area contributed by atoms with E-state index in [2.05, 4.69) is 31.1 Å². The second-order valence-electron chi connectivity index (χ2n) is 8.71. The summed E-state index contributed by atoms with van der Waals surface area (Å²) in [5.41, 5.74) is 1.70. The van der Waals surface area contributed by atoms with Gasteiger partial charge in [-0.2, -0.15) is 0 Å². The Morgan fingerprint density at radius 1 is 1.37 bits per heavy atom. The molecule has 6 heteroatoms. The van der Waals surface area contributed by atoms with Crippen molar-refractivity contribution in [2.75, 3.05) is 0 Å². The van der Waals surface area contributed by atoms with Gasteiger partial charge in [0.1, 0.15) is 10.5 Å². The van der Waals surface area contributed by atoms with Gasteiger partial charge in [0.15, 0.2) is 0 Å². The molecule has 0 unspecified atom stereocenters. The zero-order valence-electron chi connectivity index (χ0n) is 16.2. The topological polar surface area (TPSA) is 63.5 Å². The number of pyridine rings is 1. The highest BCUT2D eigenvalue weighted by Crippen LogP contribution is 2.38. The molecule has 0 aliphatic heterocycles. The summed E-state index contributed by atoms with van der Waals surface area (Å²) in [6.07, 6.45) is 4.90. The Morgan fingerprint density at radius 3 is 2.89 bits per heavy atom. The van der Waals surface area contributed by atoms with E-state index < -0.39 is 0 Å². The van der Waals surface area contributed by atoms with Crippen molar-refractivity contribution in [3.8, 4) is 0 Å². The van der Waals surface area contributed by atoms with E-state index in [-0.39, 0.29) is 22.9 Å². The van der Waals surface area contributed by atoms with E-state index >= 15 is 0 Å². The van der Waals surface area contributed by atoms with Crippen LogP contribution in [-0.4, -0.2) is 21.3 Å². The van der Waals surface area contributed by atoms with Gasteiger partial charge in [0.05, 0.1) is 10.3 Å². The number of thiophene rings is 1. The van der Waals surface area contributed by atoms with Gasteiger partial charge in [0.2, 0.25) is 0 Å². The first-order valence-corrected chi connectivity index (χ1v) is 10.3. The summed E-state index contributed by atoms with van der Waals surface area (Å²) < 4.78 is 1.55. The van der Waals surface area contributed by atoms with Gasteiger partial charge in [0.25, 0.3) is 11.5 Å². The zero-order valence-corrected chi connectivity index (χ0v) is 17.0. The normalized spacial score (nSPS) is 22.2. The second-order valence-corrected chi connectivity index (χ2v) is 9.75. The minimum atomic E-state index is -0.124. The molecular formula is C21H25N3O2S. The third-order valence-electron chi connectivity index (χ3n) is 5.48. The Labute approximate surface area is 162 Å². The Kier molecular flexibility index (Phi) is 4.34. The lowest BCUT2D eigenvalue weighted by Gasteiger charge is -2.39. The summed E-state index contributed by atoms with van der Waals surface area (Å²) in [7, 11) is 0. The fourth-order valence-corrected chi connectivity index (χ4v) is 5.51. The summed E-state index contributed by atoms with van der Waals surface area (Å²) in [6, 6.07) is 5.64. The van der Waals surface area contributed by atoms with Gasteiger partial charge in [-0.1, -0.05) is 26.8 Å². The fourth-order valence-electron chi connectivity index (χ4n) is 4.58. The minimum absolute atomic E-state index is 0.0990. The first-order chi connectivity index (χ1) is 12.7. The lowest BCUT2D eigenvalue weighted by atomic mass is 9.70. The molecular weight excluding hydrogens is 358 g/mol. The number of nitrogens with zero attached hydrogens (tertiary/aromatic N) is 2. The molecule has 27 heavy (non-hydrogen) atoms. The molecule has 1 saturated carbocycles. The number of carbonyl (C=O) groups excluding carboxylic acids is 1. The van der Waals surface area contributed by atoms with Crippen LogP contribution < -0.4 is 10.9 Å². The highest BCUT2D eigenvalue weighted by Gasteiger charge is 2.33. The first-order valence-electron chi connectivity index (χ1n) is 9.46. The molecule has 1 amide bonds. The molecule has 0 aromatic carbocycles. The highest BCUT2D eigenvalue weighted by atomic mass is 32.1. The summed E-state index contributed by atoms with van der Waals surface area (Å²) in [4.78, 5) is 31.4. The molecule has 2 atom stereocenters. The van der Waals surface area contributed by atoms with Crippen LogP contribution in [0.15, 0.2) is 29.2 Å². The van der Waals surface area contributed by atoms with Gasteiger partial charge in [-0.15, -0.1) is 11.3 Å². The van der Waals surface area contributed by atoms with Crippen LogP contribution in [0.25, 0.3) is 15.9 Å². The standard InChI is InChI=1S/C21H25N3O2S/c1-12-8-14(11-21(3,4)10-12)22-18(25)16-9-15-19(27-16)23-17-13(2)6-5-7-24(17)20(15)26/h5-7,9,12,14H,8,10-11H2,1-4H3,(H,22,25)/t12-,14-/m0/s1. The van der Waals surface area contributed by atoms with E-state index in [4.69, 9.17) is 0 Å². The Hall–Kier alpha value is -2.21. The van der Waals surface area contributed by atoms with Crippen LogP contribution in [-0.2, 0) is 0 Å². The van der Waals surface area contributed by atoms with Gasteiger partial charge < -0.3 is 5.32 Å². The quantitative estimate of drug-likeness (QED) is 0.723. The van der Waals surface area contributed by atoms with E-state index in [9.17, 15) is 9.59 Å². The summed E-state index contributed by atoms with van der Waals surface area (Å²) in [5, 5.41) is 3.69. The molecule has 0 spiro atoms. The van der Waals surface area contributed by atoms with Crippen LogP contribution in [0.2, 0.25) is 0 Å². The van der Waals surface area contributed by atoms with E-state index in [1.807, 2.05) is 19.1 Å². The van der Waals surface area contributed by atoms with Crippen molar-refractivity contribution in [3.05, 3.63) is 45.2 Å². The number of aryl methyl sites for hydroxylation is 1. The lowest BCUT2D eigenvalue weighted by molar-refractivity contribution is 0.0878. The van der Waals surface area contributed by atoms with Gasteiger partial charge in [-0.05, 0) is 55.2 Å². The third kappa shape index (κ3) is 3.38. The van der Waals surface area contributed by atoms with E-state index in [1.54, 1.807) is 16.7 Å². The molecule has 0 radical (unpaired) electrons. The largest absolute Gasteiger partial charge is 0.349 e. The van der Waals surface area contributed by atoms with Crippen LogP contribution in [0.5, 0.6) is 0 Å². The average molecular weight is 384 g/mol. The lowest BCUT2D eigenvalue weighted by Crippen LogP contribution is -2.42. The molecule has 3 aromatic rings. The van der Waals surface area contributed by atoms with Crippen LogP contribution in [0.1, 0.15) is 55.3 Å². The van der Waals surface area contributed by atoms with Gasteiger partial charge in [-0.3, -0.25) is 14.0 Å². The predicted octanol–water partition coefficient (Wildman–Crippen LogP) is 4.16. The Morgan fingerprint density at radius 2 is 2.15 bits per heavy atom. The Balaban J connectivity index is 1.67. The molecule has 3 aromatic heterocycles. The summed E-state index contributed by atoms with van der Waals surface area (Å²) >= 11 is 1.30. The molecule has 142 valence electrons. The van der Waals surface area contributed by atoms with Crippen molar-refractivity contribution in [3.63, 3.8) is 0 Å². The Bertz CT molecular complexity index is 1100. The number of amides is 1. The molecule has 4 rings (SSSR count). The molecule has 0 bridgehead atoms. The second kappa shape index (κ2) is 6.44. The van der Waals surface area contributed by atoms with Crippen molar-refractivity contribution in [1.29, 1.82) is 0 Å². The van der Waals surface area contributed by atoms with Crippen molar-refractivity contribution in [2.24, 2.45) is 11.3 Å². The number of hydrogen-bond acceptors (Lipinski definition) is 4. The average Bonchev–Trinajstić information content (AvgIpc) is 2.99. The van der Waals surface area contributed by atoms with Crippen LogP contribution in [0.3, 0.4) is 0 Å². The van der Waals surface area contributed by atoms with Crippen molar-refractivity contribution < 1.29 is 4.79 Å². The van der Waals surface area contributed by atoms with Gasteiger partial charge in [-0.25, -0.2) is 4.98 Å². The number of nitrogens with one attached hydrogen (secondary N) is 1. The maximum atomic E-state index is 12.8. The van der Waals surface area contributed by atoms with Crippen molar-refractivity contribution in [1.82, 2.24) is 14.7 Å². The molecule has 1 N–H and O–H groups in total. The highest BCUT2D eigenvalue weighted by molar-refractivity contribution is 7.20. The fraction of sp³-hybridized carbons (Fsp3) is 0.476. The maximum absolute atomic E-state index is 12.8. The molecule has 1 aliphatic rings. The molecule has 1 aliphatic carbocycles. The minimum Gasteiger partial charge on any atom is -0.349 e. The third-order valence-corrected chi connectivity index (χ3v) is 6.51. The van der Waals surface area contributed by atoms with Crippen LogP contribution >= 0.6 is 11.3 Å².